The third-order valence-electron chi connectivity index (χ3n) is 4.34. The van der Waals surface area contributed by atoms with Crippen molar-refractivity contribution in [3.8, 4) is 0 Å². The molecule has 1 aromatic rings. The quantitative estimate of drug-likeness (QED) is 0.407. The number of ether oxygens (including phenoxy) is 1. The molecule has 0 spiro atoms. The SMILES string of the molecule is O=C1NC(=S)N(c2ccc(Cl)cc2)C(=O)[C@@H]1C=NCC[NH+]1CCOCC1. The van der Waals surface area contributed by atoms with Gasteiger partial charge in [0.05, 0.1) is 32.0 Å². The summed E-state index contributed by atoms with van der Waals surface area (Å²) in [4.78, 5) is 31.9. The Morgan fingerprint density at radius 1 is 1.31 bits per heavy atom. The van der Waals surface area contributed by atoms with Gasteiger partial charge in [-0.2, -0.15) is 0 Å². The Labute approximate surface area is 161 Å². The Hall–Kier alpha value is -1.87. The molecule has 2 N–H and O–H groups in total. The number of rotatable bonds is 5. The summed E-state index contributed by atoms with van der Waals surface area (Å²) < 4.78 is 5.32. The van der Waals surface area contributed by atoms with E-state index in [1.54, 1.807) is 24.3 Å². The predicted molar refractivity (Wildman–Crippen MR) is 103 cm³/mol. The van der Waals surface area contributed by atoms with Crippen molar-refractivity contribution in [3.05, 3.63) is 29.3 Å². The zero-order valence-corrected chi connectivity index (χ0v) is 15.7. The molecule has 2 heterocycles. The van der Waals surface area contributed by atoms with Gasteiger partial charge < -0.3 is 15.0 Å². The number of halogens is 1. The topological polar surface area (TPSA) is 75.4 Å². The lowest BCUT2D eigenvalue weighted by Crippen LogP contribution is -3.14. The number of benzene rings is 1. The van der Waals surface area contributed by atoms with Crippen LogP contribution in [0.15, 0.2) is 29.3 Å². The first kappa shape index (κ1) is 18.9. The Bertz CT molecular complexity index is 719. The smallest absolute Gasteiger partial charge is 0.251 e. The maximum atomic E-state index is 12.8. The van der Waals surface area contributed by atoms with Crippen molar-refractivity contribution in [2.45, 2.75) is 0 Å². The molecule has 2 aliphatic heterocycles. The summed E-state index contributed by atoms with van der Waals surface area (Å²) in [5.41, 5.74) is 0.556. The van der Waals surface area contributed by atoms with Gasteiger partial charge in [-0.15, -0.1) is 0 Å². The van der Waals surface area contributed by atoms with Gasteiger partial charge in [-0.25, -0.2) is 0 Å². The molecule has 1 atom stereocenters. The lowest BCUT2D eigenvalue weighted by atomic mass is 10.1. The highest BCUT2D eigenvalue weighted by molar-refractivity contribution is 7.80. The average Bonchev–Trinajstić information content (AvgIpc) is 2.63. The molecule has 0 saturated carbocycles. The highest BCUT2D eigenvalue weighted by Crippen LogP contribution is 2.22. The number of aliphatic imine (C=N–C) groups is 1. The van der Waals surface area contributed by atoms with Gasteiger partial charge in [0.15, 0.2) is 11.0 Å². The minimum atomic E-state index is -0.989. The van der Waals surface area contributed by atoms with Gasteiger partial charge in [0.25, 0.3) is 5.91 Å². The molecular formula is C17H20ClN4O3S+. The van der Waals surface area contributed by atoms with Gasteiger partial charge in [0, 0.05) is 11.2 Å². The molecular weight excluding hydrogens is 376 g/mol. The standard InChI is InChI=1S/C17H19ClN4O3S/c18-12-1-3-13(4-2-12)22-16(24)14(15(23)20-17(22)26)11-19-5-6-21-7-9-25-10-8-21/h1-4,11,14H,5-10H2,(H,20,23,26)/p+1/t14-/m1/s1. The van der Waals surface area contributed by atoms with Gasteiger partial charge in [-0.1, -0.05) is 11.6 Å². The molecule has 0 bridgehead atoms. The van der Waals surface area contributed by atoms with Gasteiger partial charge in [-0.05, 0) is 36.5 Å². The van der Waals surface area contributed by atoms with Gasteiger partial charge >= 0.3 is 0 Å². The molecule has 2 aliphatic rings. The fraction of sp³-hybridized carbons (Fsp3) is 0.412. The molecule has 7 nitrogen and oxygen atoms in total. The van der Waals surface area contributed by atoms with Crippen LogP contribution >= 0.6 is 23.8 Å². The molecule has 1 aromatic carbocycles. The van der Waals surface area contributed by atoms with Crippen molar-refractivity contribution in [1.29, 1.82) is 0 Å². The summed E-state index contributed by atoms with van der Waals surface area (Å²) in [5.74, 6) is -1.85. The highest BCUT2D eigenvalue weighted by atomic mass is 35.5. The minimum Gasteiger partial charge on any atom is -0.370 e. The van der Waals surface area contributed by atoms with E-state index in [2.05, 4.69) is 10.3 Å². The minimum absolute atomic E-state index is 0.0599. The Morgan fingerprint density at radius 2 is 2.00 bits per heavy atom. The molecule has 2 amide bonds. The molecule has 2 fully saturated rings. The Balaban J connectivity index is 1.65. The van der Waals surface area contributed by atoms with Crippen molar-refractivity contribution in [1.82, 2.24) is 5.32 Å². The normalized spacial score (nSPS) is 22.1. The number of hydrogen-bond donors (Lipinski definition) is 2. The van der Waals surface area contributed by atoms with E-state index >= 15 is 0 Å². The number of carbonyl (C=O) groups excluding carboxylic acids is 2. The van der Waals surface area contributed by atoms with Crippen LogP contribution in [0.3, 0.4) is 0 Å². The molecule has 26 heavy (non-hydrogen) atoms. The summed E-state index contributed by atoms with van der Waals surface area (Å²) in [5, 5.41) is 3.18. The molecule has 2 saturated heterocycles. The third kappa shape index (κ3) is 4.45. The second-order valence-corrected chi connectivity index (χ2v) is 6.91. The number of anilines is 1. The average molecular weight is 396 g/mol. The second kappa shape index (κ2) is 8.68. The van der Waals surface area contributed by atoms with Crippen LogP contribution in [-0.2, 0) is 14.3 Å². The second-order valence-electron chi connectivity index (χ2n) is 6.09. The summed E-state index contributed by atoms with van der Waals surface area (Å²) in [6, 6.07) is 6.69. The number of amides is 2. The highest BCUT2D eigenvalue weighted by Gasteiger charge is 2.38. The van der Waals surface area contributed by atoms with Crippen LogP contribution in [0.2, 0.25) is 5.02 Å². The largest absolute Gasteiger partial charge is 0.370 e. The van der Waals surface area contributed by atoms with Crippen molar-refractivity contribution in [2.24, 2.45) is 10.9 Å². The number of morpholine rings is 1. The van der Waals surface area contributed by atoms with Crippen molar-refractivity contribution in [2.75, 3.05) is 44.3 Å². The summed E-state index contributed by atoms with van der Waals surface area (Å²) >= 11 is 11.0. The van der Waals surface area contributed by atoms with E-state index in [9.17, 15) is 9.59 Å². The Kier molecular flexibility index (Phi) is 6.31. The van der Waals surface area contributed by atoms with Crippen LogP contribution < -0.4 is 15.1 Å². The third-order valence-corrected chi connectivity index (χ3v) is 4.87. The van der Waals surface area contributed by atoms with Crippen LogP contribution in [0, 0.1) is 5.92 Å². The van der Waals surface area contributed by atoms with E-state index in [0.717, 1.165) is 32.8 Å². The lowest BCUT2D eigenvalue weighted by Gasteiger charge is -2.31. The number of carbonyl (C=O) groups is 2. The van der Waals surface area contributed by atoms with Crippen LogP contribution in [-0.4, -0.2) is 62.5 Å². The molecule has 0 radical (unpaired) electrons. The summed E-state index contributed by atoms with van der Waals surface area (Å²) in [7, 11) is 0. The van der Waals surface area contributed by atoms with Gasteiger partial charge in [0.2, 0.25) is 5.91 Å². The zero-order valence-electron chi connectivity index (χ0n) is 14.1. The van der Waals surface area contributed by atoms with Crippen molar-refractivity contribution < 1.29 is 19.2 Å². The summed E-state index contributed by atoms with van der Waals surface area (Å²) in [6.07, 6.45) is 1.42. The fourth-order valence-corrected chi connectivity index (χ4v) is 3.29. The van der Waals surface area contributed by atoms with E-state index < -0.39 is 17.7 Å². The fourth-order valence-electron chi connectivity index (χ4n) is 2.87. The zero-order chi connectivity index (χ0) is 18.5. The molecule has 9 heteroatoms. The molecule has 0 aliphatic carbocycles. The van der Waals surface area contributed by atoms with E-state index in [4.69, 9.17) is 28.6 Å². The first-order valence-corrected chi connectivity index (χ1v) is 9.20. The first-order valence-electron chi connectivity index (χ1n) is 8.42. The van der Waals surface area contributed by atoms with E-state index in [0.29, 0.717) is 17.3 Å². The van der Waals surface area contributed by atoms with Crippen molar-refractivity contribution in [3.63, 3.8) is 0 Å². The van der Waals surface area contributed by atoms with E-state index in [1.807, 2.05) is 0 Å². The molecule has 0 aromatic heterocycles. The van der Waals surface area contributed by atoms with Crippen LogP contribution in [0.1, 0.15) is 0 Å². The van der Waals surface area contributed by atoms with Gasteiger partial charge in [-0.3, -0.25) is 19.5 Å². The molecule has 138 valence electrons. The maximum Gasteiger partial charge on any atom is 0.251 e. The van der Waals surface area contributed by atoms with Crippen LogP contribution in [0.5, 0.6) is 0 Å². The molecule has 0 unspecified atom stereocenters. The van der Waals surface area contributed by atoms with Gasteiger partial charge in [0.1, 0.15) is 13.1 Å². The summed E-state index contributed by atoms with van der Waals surface area (Å²) in [6.45, 7) is 4.83. The predicted octanol–water partition coefficient (Wildman–Crippen LogP) is -0.310. The number of hydrogen-bond acceptors (Lipinski definition) is 5. The number of nitrogens with one attached hydrogen (secondary N) is 2. The van der Waals surface area contributed by atoms with Crippen LogP contribution in [0.4, 0.5) is 5.69 Å². The number of nitrogens with zero attached hydrogens (tertiary/aromatic N) is 2. The molecule has 3 rings (SSSR count). The monoisotopic (exact) mass is 395 g/mol. The van der Waals surface area contributed by atoms with E-state index in [-0.39, 0.29) is 5.11 Å². The van der Waals surface area contributed by atoms with E-state index in [1.165, 1.54) is 16.0 Å². The van der Waals surface area contributed by atoms with Crippen molar-refractivity contribution >= 4 is 52.6 Å². The first-order chi connectivity index (χ1) is 12.6. The lowest BCUT2D eigenvalue weighted by molar-refractivity contribution is -0.906. The Morgan fingerprint density at radius 3 is 2.69 bits per heavy atom. The maximum absolute atomic E-state index is 12.8. The number of quaternary nitrogens is 1. The number of thiocarbonyl (C=S) groups is 1. The van der Waals surface area contributed by atoms with Crippen LogP contribution in [0.25, 0.3) is 0 Å².